The quantitative estimate of drug-likeness (QED) is 0.673. The van der Waals surface area contributed by atoms with Crippen LogP contribution in [0.25, 0.3) is 0 Å². The molecule has 0 saturated heterocycles. The molecule has 1 heterocycles. The van der Waals surface area contributed by atoms with Crippen molar-refractivity contribution >= 4 is 23.2 Å². The van der Waals surface area contributed by atoms with Gasteiger partial charge in [-0.05, 0) is 19.8 Å². The topological polar surface area (TPSA) is 3.24 Å². The lowest BCUT2D eigenvalue weighted by Gasteiger charge is -2.31. The first-order chi connectivity index (χ1) is 5.65. The molecule has 0 amide bonds. The number of rotatable bonds is 2. The Bertz CT molecular complexity index is 189. The van der Waals surface area contributed by atoms with Crippen LogP contribution in [0.1, 0.15) is 26.7 Å². The summed E-state index contributed by atoms with van der Waals surface area (Å²) in [5.74, 6) is 0. The summed E-state index contributed by atoms with van der Waals surface area (Å²) in [7, 11) is 0. The highest BCUT2D eigenvalue weighted by Crippen LogP contribution is 2.25. The first-order valence-corrected chi connectivity index (χ1v) is 5.17. The summed E-state index contributed by atoms with van der Waals surface area (Å²) in [6.07, 6.45) is 2.08. The van der Waals surface area contributed by atoms with Gasteiger partial charge in [-0.25, -0.2) is 0 Å². The highest BCUT2D eigenvalue weighted by molar-refractivity contribution is 6.39. The van der Waals surface area contributed by atoms with E-state index in [9.17, 15) is 0 Å². The second-order valence-corrected chi connectivity index (χ2v) is 4.20. The number of halogens is 2. The number of nitrogens with zero attached hydrogens (tertiary/aromatic N) is 1. The molecule has 12 heavy (non-hydrogen) atoms. The van der Waals surface area contributed by atoms with Gasteiger partial charge < -0.3 is 0 Å². The fourth-order valence-electron chi connectivity index (χ4n) is 1.35. The van der Waals surface area contributed by atoms with Crippen molar-refractivity contribution in [3.8, 4) is 0 Å². The van der Waals surface area contributed by atoms with Crippen LogP contribution in [-0.2, 0) is 0 Å². The lowest BCUT2D eigenvalue weighted by Crippen LogP contribution is -2.37. The predicted molar refractivity (Wildman–Crippen MR) is 54.7 cm³/mol. The lowest BCUT2D eigenvalue weighted by molar-refractivity contribution is 0.219. The normalized spacial score (nSPS) is 23.0. The van der Waals surface area contributed by atoms with Gasteiger partial charge in [0, 0.05) is 29.2 Å². The van der Waals surface area contributed by atoms with E-state index in [2.05, 4.69) is 18.7 Å². The number of hydrogen-bond donors (Lipinski definition) is 0. The van der Waals surface area contributed by atoms with Gasteiger partial charge in [0.05, 0.1) is 0 Å². The molecule has 0 N–H and O–H groups in total. The SMILES string of the molecule is CCC(C)N1CCC(Cl)=C(Cl)C1. The Morgan fingerprint density at radius 1 is 1.42 bits per heavy atom. The summed E-state index contributed by atoms with van der Waals surface area (Å²) in [5, 5.41) is 1.67. The number of hydrogen-bond acceptors (Lipinski definition) is 1. The molecule has 1 aliphatic rings. The van der Waals surface area contributed by atoms with Crippen molar-refractivity contribution in [2.45, 2.75) is 32.7 Å². The minimum Gasteiger partial charge on any atom is -0.295 e. The van der Waals surface area contributed by atoms with Crippen LogP contribution in [0.15, 0.2) is 10.1 Å². The monoisotopic (exact) mass is 207 g/mol. The minimum absolute atomic E-state index is 0.614. The van der Waals surface area contributed by atoms with E-state index >= 15 is 0 Å². The van der Waals surface area contributed by atoms with Crippen LogP contribution >= 0.6 is 23.2 Å². The average Bonchev–Trinajstić information content (AvgIpc) is 2.08. The van der Waals surface area contributed by atoms with Gasteiger partial charge in [-0.3, -0.25) is 4.90 Å². The molecule has 70 valence electrons. The van der Waals surface area contributed by atoms with Crippen molar-refractivity contribution in [3.05, 3.63) is 10.1 Å². The zero-order valence-electron chi connectivity index (χ0n) is 7.61. The Morgan fingerprint density at radius 3 is 2.58 bits per heavy atom. The summed E-state index contributed by atoms with van der Waals surface area (Å²) < 4.78 is 0. The lowest BCUT2D eigenvalue weighted by atomic mass is 10.1. The molecule has 1 aliphatic heterocycles. The average molecular weight is 208 g/mol. The van der Waals surface area contributed by atoms with Crippen molar-refractivity contribution in [3.63, 3.8) is 0 Å². The van der Waals surface area contributed by atoms with Crippen LogP contribution in [0.5, 0.6) is 0 Å². The first-order valence-electron chi connectivity index (χ1n) is 4.42. The summed E-state index contributed by atoms with van der Waals surface area (Å²) in [5.41, 5.74) is 0. The van der Waals surface area contributed by atoms with Crippen molar-refractivity contribution in [1.29, 1.82) is 0 Å². The van der Waals surface area contributed by atoms with E-state index in [1.165, 1.54) is 6.42 Å². The van der Waals surface area contributed by atoms with Gasteiger partial charge in [0.1, 0.15) is 0 Å². The third-order valence-corrected chi connectivity index (χ3v) is 3.33. The van der Waals surface area contributed by atoms with Crippen LogP contribution in [-0.4, -0.2) is 24.0 Å². The van der Waals surface area contributed by atoms with Crippen molar-refractivity contribution in [1.82, 2.24) is 4.90 Å². The molecule has 0 saturated carbocycles. The molecule has 0 aliphatic carbocycles. The fourth-order valence-corrected chi connectivity index (χ4v) is 1.75. The van der Waals surface area contributed by atoms with Gasteiger partial charge in [-0.2, -0.15) is 0 Å². The van der Waals surface area contributed by atoms with Gasteiger partial charge in [0.2, 0.25) is 0 Å². The van der Waals surface area contributed by atoms with E-state index in [0.717, 1.165) is 29.6 Å². The van der Waals surface area contributed by atoms with Crippen molar-refractivity contribution < 1.29 is 0 Å². The van der Waals surface area contributed by atoms with E-state index in [1.807, 2.05) is 0 Å². The fraction of sp³-hybridized carbons (Fsp3) is 0.778. The third kappa shape index (κ3) is 2.38. The van der Waals surface area contributed by atoms with E-state index < -0.39 is 0 Å². The van der Waals surface area contributed by atoms with Crippen LogP contribution in [0, 0.1) is 0 Å². The molecule has 1 nitrogen and oxygen atoms in total. The maximum atomic E-state index is 5.97. The summed E-state index contributed by atoms with van der Waals surface area (Å²) in [6.45, 7) is 6.29. The minimum atomic E-state index is 0.614. The van der Waals surface area contributed by atoms with E-state index in [-0.39, 0.29) is 0 Å². The Labute approximate surface area is 84.3 Å². The third-order valence-electron chi connectivity index (χ3n) is 2.47. The maximum absolute atomic E-state index is 5.97. The zero-order valence-corrected chi connectivity index (χ0v) is 9.12. The second-order valence-electron chi connectivity index (χ2n) is 3.29. The van der Waals surface area contributed by atoms with Crippen molar-refractivity contribution in [2.24, 2.45) is 0 Å². The molecule has 0 bridgehead atoms. The molecule has 1 rings (SSSR count). The highest BCUT2D eigenvalue weighted by atomic mass is 35.5. The van der Waals surface area contributed by atoms with Crippen LogP contribution in [0.4, 0.5) is 0 Å². The predicted octanol–water partition coefficient (Wildman–Crippen LogP) is 3.18. The molecular formula is C9H15Cl2N. The summed E-state index contributed by atoms with van der Waals surface area (Å²) in [6, 6.07) is 0.614. The van der Waals surface area contributed by atoms with E-state index in [4.69, 9.17) is 23.2 Å². The molecule has 0 aromatic carbocycles. The molecule has 0 radical (unpaired) electrons. The van der Waals surface area contributed by atoms with Gasteiger partial charge in [-0.15, -0.1) is 0 Å². The van der Waals surface area contributed by atoms with Crippen molar-refractivity contribution in [2.75, 3.05) is 13.1 Å². The molecule has 1 atom stereocenters. The summed E-state index contributed by atoms with van der Waals surface area (Å²) in [4.78, 5) is 2.37. The maximum Gasteiger partial charge on any atom is 0.0466 e. The van der Waals surface area contributed by atoms with E-state index in [0.29, 0.717) is 6.04 Å². The molecule has 3 heteroatoms. The molecule has 0 spiro atoms. The second kappa shape index (κ2) is 4.50. The van der Waals surface area contributed by atoms with Gasteiger partial charge in [-0.1, -0.05) is 30.1 Å². The van der Waals surface area contributed by atoms with E-state index in [1.54, 1.807) is 0 Å². The molecule has 0 aromatic rings. The molecular weight excluding hydrogens is 193 g/mol. The smallest absolute Gasteiger partial charge is 0.0466 e. The first kappa shape index (κ1) is 10.4. The Morgan fingerprint density at radius 2 is 2.08 bits per heavy atom. The Kier molecular flexibility index (Phi) is 3.88. The molecule has 0 fully saturated rings. The van der Waals surface area contributed by atoms with Crippen LogP contribution < -0.4 is 0 Å². The Balaban J connectivity index is 2.54. The van der Waals surface area contributed by atoms with Crippen LogP contribution in [0.3, 0.4) is 0 Å². The van der Waals surface area contributed by atoms with Gasteiger partial charge >= 0.3 is 0 Å². The van der Waals surface area contributed by atoms with Gasteiger partial charge in [0.15, 0.2) is 0 Å². The molecule has 1 unspecified atom stereocenters. The van der Waals surface area contributed by atoms with Crippen LogP contribution in [0.2, 0.25) is 0 Å². The molecule has 0 aromatic heterocycles. The standard InChI is InChI=1S/C9H15Cl2N/c1-3-7(2)12-5-4-8(10)9(11)6-12/h7H,3-6H2,1-2H3. The summed E-state index contributed by atoms with van der Waals surface area (Å²) >= 11 is 11.9. The highest BCUT2D eigenvalue weighted by Gasteiger charge is 2.19. The Hall–Kier alpha value is 0.280. The largest absolute Gasteiger partial charge is 0.295 e. The zero-order chi connectivity index (χ0) is 9.14. The van der Waals surface area contributed by atoms with Gasteiger partial charge in [0.25, 0.3) is 0 Å².